The van der Waals surface area contributed by atoms with Crippen molar-refractivity contribution >= 4 is 5.91 Å². The number of nitrogens with one attached hydrogen (secondary N) is 1. The van der Waals surface area contributed by atoms with Gasteiger partial charge in [0.05, 0.1) is 6.54 Å². The van der Waals surface area contributed by atoms with Crippen molar-refractivity contribution in [2.24, 2.45) is 17.7 Å². The first-order valence-corrected chi connectivity index (χ1v) is 6.58. The Kier molecular flexibility index (Phi) is 3.09. The van der Waals surface area contributed by atoms with Crippen LogP contribution in [0.25, 0.3) is 0 Å². The van der Waals surface area contributed by atoms with Crippen molar-refractivity contribution in [1.82, 2.24) is 10.3 Å². The molecule has 0 aromatic carbocycles. The normalized spacial score (nSPS) is 27.4. The van der Waals surface area contributed by atoms with Gasteiger partial charge in [0.25, 0.3) is 0 Å². The van der Waals surface area contributed by atoms with Gasteiger partial charge in [-0.1, -0.05) is 6.42 Å². The van der Waals surface area contributed by atoms with Crippen LogP contribution in [0.5, 0.6) is 0 Å². The molecule has 1 amide bonds. The number of nitrogens with two attached hydrogens (primary N) is 1. The Morgan fingerprint density at radius 2 is 2.11 bits per heavy atom. The third-order valence-electron chi connectivity index (χ3n) is 4.20. The molecule has 3 rings (SSSR count). The predicted molar refractivity (Wildman–Crippen MR) is 66.5 cm³/mol. The third-order valence-corrected chi connectivity index (χ3v) is 4.20. The summed E-state index contributed by atoms with van der Waals surface area (Å²) in [7, 11) is 0. The van der Waals surface area contributed by atoms with Crippen molar-refractivity contribution in [3.8, 4) is 0 Å². The Hall–Kier alpha value is -1.33. The quantitative estimate of drug-likeness (QED) is 0.478. The summed E-state index contributed by atoms with van der Waals surface area (Å²) < 4.78 is 5.49. The van der Waals surface area contributed by atoms with Gasteiger partial charge in [0.15, 0.2) is 5.76 Å². The molecular formula is C13H19N3O2. The number of rotatable bonds is 3. The molecule has 2 aliphatic rings. The highest BCUT2D eigenvalue weighted by Crippen LogP contribution is 2.38. The fourth-order valence-corrected chi connectivity index (χ4v) is 3.34. The van der Waals surface area contributed by atoms with E-state index in [9.17, 15) is 4.79 Å². The molecule has 3 N–H and O–H groups in total. The van der Waals surface area contributed by atoms with E-state index < -0.39 is 0 Å². The zero-order valence-electron chi connectivity index (χ0n) is 10.4. The molecule has 2 atom stereocenters. The van der Waals surface area contributed by atoms with Crippen molar-refractivity contribution < 1.29 is 9.21 Å². The second-order valence-corrected chi connectivity index (χ2v) is 5.38. The summed E-state index contributed by atoms with van der Waals surface area (Å²) in [6.07, 6.45) is 4.14. The first kappa shape index (κ1) is 11.7. The topological polar surface area (TPSA) is 71.5 Å². The summed E-state index contributed by atoms with van der Waals surface area (Å²) in [5.74, 6) is 7.58. The lowest BCUT2D eigenvalue weighted by atomic mass is 10.0. The second kappa shape index (κ2) is 4.74. The van der Waals surface area contributed by atoms with E-state index in [0.717, 1.165) is 24.1 Å². The fraction of sp³-hybridized carbons (Fsp3) is 0.615. The number of furan rings is 1. The van der Waals surface area contributed by atoms with Gasteiger partial charge in [-0.3, -0.25) is 15.1 Å². The van der Waals surface area contributed by atoms with Crippen LogP contribution in [0.3, 0.4) is 0 Å². The second-order valence-electron chi connectivity index (χ2n) is 5.38. The molecule has 1 aliphatic heterocycles. The van der Waals surface area contributed by atoms with Crippen LogP contribution in [0.1, 0.15) is 35.6 Å². The number of likely N-dealkylation sites (tertiary alicyclic amines) is 1. The first-order chi connectivity index (χ1) is 8.76. The lowest BCUT2D eigenvalue weighted by molar-refractivity contribution is 0.0922. The van der Waals surface area contributed by atoms with E-state index in [0.29, 0.717) is 0 Å². The lowest BCUT2D eigenvalue weighted by Gasteiger charge is -2.14. The average Bonchev–Trinajstić information content (AvgIpc) is 3.03. The largest absolute Gasteiger partial charge is 0.455 e. The van der Waals surface area contributed by atoms with Crippen LogP contribution in [-0.4, -0.2) is 23.9 Å². The molecule has 1 aliphatic carbocycles. The van der Waals surface area contributed by atoms with E-state index in [4.69, 9.17) is 10.3 Å². The Balaban J connectivity index is 1.60. The summed E-state index contributed by atoms with van der Waals surface area (Å²) in [4.78, 5) is 13.7. The number of carbonyl (C=O) groups excluding carboxylic acids is 1. The molecule has 0 spiro atoms. The van der Waals surface area contributed by atoms with E-state index in [1.165, 1.54) is 32.4 Å². The van der Waals surface area contributed by atoms with Crippen LogP contribution < -0.4 is 11.3 Å². The van der Waals surface area contributed by atoms with Crippen LogP contribution in [0.4, 0.5) is 0 Å². The number of hydrogen-bond acceptors (Lipinski definition) is 4. The number of nitrogen functional groups attached to an aromatic ring is 1. The highest BCUT2D eigenvalue weighted by molar-refractivity contribution is 5.90. The smallest absolute Gasteiger partial charge is 0.300 e. The highest BCUT2D eigenvalue weighted by Gasteiger charge is 2.36. The van der Waals surface area contributed by atoms with E-state index >= 15 is 0 Å². The maximum atomic E-state index is 11.3. The molecule has 1 aromatic rings. The minimum atomic E-state index is -0.375. The van der Waals surface area contributed by atoms with Gasteiger partial charge in [-0.15, -0.1) is 0 Å². The minimum Gasteiger partial charge on any atom is -0.455 e. The standard InChI is InChI=1S/C13H19N3O2/c14-15-13(17)12-5-4-11(18-12)8-16-6-9-2-1-3-10(9)7-16/h4-5,9-10H,1-3,6-8,14H2,(H,15,17). The maximum absolute atomic E-state index is 11.3. The van der Waals surface area contributed by atoms with Crippen LogP contribution in [0.15, 0.2) is 16.5 Å². The fourth-order valence-electron chi connectivity index (χ4n) is 3.34. The van der Waals surface area contributed by atoms with E-state index in [1.54, 1.807) is 6.07 Å². The molecule has 1 aromatic heterocycles. The molecular weight excluding hydrogens is 230 g/mol. The van der Waals surface area contributed by atoms with E-state index in [-0.39, 0.29) is 11.7 Å². The van der Waals surface area contributed by atoms with Gasteiger partial charge in [0.1, 0.15) is 5.76 Å². The first-order valence-electron chi connectivity index (χ1n) is 6.58. The zero-order chi connectivity index (χ0) is 12.5. The monoisotopic (exact) mass is 249 g/mol. The number of fused-ring (bicyclic) bond motifs is 1. The summed E-state index contributed by atoms with van der Waals surface area (Å²) in [6.45, 7) is 3.14. The molecule has 1 saturated heterocycles. The molecule has 0 bridgehead atoms. The summed E-state index contributed by atoms with van der Waals surface area (Å²) >= 11 is 0. The lowest BCUT2D eigenvalue weighted by Crippen LogP contribution is -2.29. The number of hydrogen-bond donors (Lipinski definition) is 2. The zero-order valence-corrected chi connectivity index (χ0v) is 10.4. The van der Waals surface area contributed by atoms with Gasteiger partial charge in [-0.25, -0.2) is 5.84 Å². The number of amides is 1. The van der Waals surface area contributed by atoms with Crippen molar-refractivity contribution in [2.75, 3.05) is 13.1 Å². The summed E-state index contributed by atoms with van der Waals surface area (Å²) in [5, 5.41) is 0. The van der Waals surface area contributed by atoms with Crippen LogP contribution >= 0.6 is 0 Å². The Morgan fingerprint density at radius 1 is 1.39 bits per heavy atom. The van der Waals surface area contributed by atoms with Crippen LogP contribution in [0, 0.1) is 11.8 Å². The van der Waals surface area contributed by atoms with Crippen molar-refractivity contribution in [1.29, 1.82) is 0 Å². The van der Waals surface area contributed by atoms with Gasteiger partial charge in [0.2, 0.25) is 0 Å². The van der Waals surface area contributed by atoms with Crippen molar-refractivity contribution in [3.63, 3.8) is 0 Å². The van der Waals surface area contributed by atoms with Crippen molar-refractivity contribution in [3.05, 3.63) is 23.7 Å². The molecule has 2 heterocycles. The molecule has 98 valence electrons. The summed E-state index contributed by atoms with van der Waals surface area (Å²) in [5.41, 5.74) is 2.07. The van der Waals surface area contributed by atoms with Crippen LogP contribution in [0.2, 0.25) is 0 Å². The minimum absolute atomic E-state index is 0.284. The molecule has 1 saturated carbocycles. The van der Waals surface area contributed by atoms with Gasteiger partial charge in [0, 0.05) is 13.1 Å². The molecule has 0 radical (unpaired) electrons. The number of hydrazine groups is 1. The Labute approximate surface area is 106 Å². The van der Waals surface area contributed by atoms with Gasteiger partial charge in [-0.05, 0) is 36.8 Å². The van der Waals surface area contributed by atoms with Gasteiger partial charge in [-0.2, -0.15) is 0 Å². The SMILES string of the molecule is NNC(=O)c1ccc(CN2CC3CCCC3C2)o1. The van der Waals surface area contributed by atoms with Gasteiger partial charge >= 0.3 is 5.91 Å². The van der Waals surface area contributed by atoms with E-state index in [1.807, 2.05) is 6.07 Å². The van der Waals surface area contributed by atoms with Crippen molar-refractivity contribution in [2.45, 2.75) is 25.8 Å². The summed E-state index contributed by atoms with van der Waals surface area (Å²) in [6, 6.07) is 3.53. The molecule has 5 heteroatoms. The van der Waals surface area contributed by atoms with E-state index in [2.05, 4.69) is 10.3 Å². The molecule has 18 heavy (non-hydrogen) atoms. The Bertz CT molecular complexity index is 431. The van der Waals surface area contributed by atoms with Gasteiger partial charge < -0.3 is 4.42 Å². The highest BCUT2D eigenvalue weighted by atomic mass is 16.4. The number of nitrogens with zero attached hydrogens (tertiary/aromatic N) is 1. The Morgan fingerprint density at radius 3 is 2.78 bits per heavy atom. The number of carbonyl (C=O) groups is 1. The van der Waals surface area contributed by atoms with Crippen LogP contribution in [-0.2, 0) is 6.54 Å². The average molecular weight is 249 g/mol. The molecule has 2 unspecified atom stereocenters. The molecule has 5 nitrogen and oxygen atoms in total. The maximum Gasteiger partial charge on any atom is 0.300 e. The predicted octanol–water partition coefficient (Wildman–Crippen LogP) is 1.11. The third kappa shape index (κ3) is 2.15. The molecule has 2 fully saturated rings.